The molecule has 0 spiro atoms. The highest BCUT2D eigenvalue weighted by molar-refractivity contribution is 5.69. The predicted molar refractivity (Wildman–Crippen MR) is 71.4 cm³/mol. The summed E-state index contributed by atoms with van der Waals surface area (Å²) in [7, 11) is 0. The molecule has 0 aliphatic carbocycles. The summed E-state index contributed by atoms with van der Waals surface area (Å²) in [6.45, 7) is 3.63. The van der Waals surface area contributed by atoms with Gasteiger partial charge >= 0.3 is 5.97 Å². The zero-order valence-electron chi connectivity index (χ0n) is 11.2. The highest BCUT2D eigenvalue weighted by Crippen LogP contribution is 2.31. The zero-order valence-corrected chi connectivity index (χ0v) is 11.2. The Hall–Kier alpha value is -2.57. The number of ether oxygens (including phenoxy) is 1. The van der Waals surface area contributed by atoms with Gasteiger partial charge in [-0.15, -0.1) is 10.2 Å². The molecule has 1 heterocycles. The lowest BCUT2D eigenvalue weighted by atomic mass is 10.1. The van der Waals surface area contributed by atoms with E-state index in [2.05, 4.69) is 10.2 Å². The first-order valence-electron chi connectivity index (χ1n) is 6.02. The fraction of sp³-hybridized carbons (Fsp3) is 0.308. The van der Waals surface area contributed by atoms with Gasteiger partial charge in [-0.3, -0.25) is 4.79 Å². The first kappa shape index (κ1) is 13.9. The molecule has 0 atom stereocenters. The number of hydrogen-bond acceptors (Lipinski definition) is 6. The van der Waals surface area contributed by atoms with Crippen LogP contribution in [0.25, 0.3) is 11.5 Å². The molecule has 0 bridgehead atoms. The molecule has 1 aromatic heterocycles. The highest BCUT2D eigenvalue weighted by Gasteiger charge is 2.13. The molecular weight excluding hydrogens is 262 g/mol. The van der Waals surface area contributed by atoms with Crippen LogP contribution in [0.2, 0.25) is 0 Å². The minimum Gasteiger partial charge on any atom is -0.491 e. The van der Waals surface area contributed by atoms with Crippen molar-refractivity contribution in [3.63, 3.8) is 0 Å². The molecule has 20 heavy (non-hydrogen) atoms. The van der Waals surface area contributed by atoms with E-state index in [1.807, 2.05) is 6.92 Å². The predicted octanol–water partition coefficient (Wildman–Crippen LogP) is 1.79. The van der Waals surface area contributed by atoms with Crippen molar-refractivity contribution in [3.05, 3.63) is 23.6 Å². The van der Waals surface area contributed by atoms with Crippen LogP contribution in [0, 0.1) is 13.8 Å². The number of anilines is 1. The van der Waals surface area contributed by atoms with Crippen LogP contribution in [0.1, 0.15) is 17.9 Å². The first-order valence-corrected chi connectivity index (χ1v) is 6.02. The second-order valence-corrected chi connectivity index (χ2v) is 4.32. The lowest BCUT2D eigenvalue weighted by Crippen LogP contribution is -2.06. The van der Waals surface area contributed by atoms with E-state index in [4.69, 9.17) is 20.0 Å². The van der Waals surface area contributed by atoms with Crippen LogP contribution in [0.4, 0.5) is 5.69 Å². The van der Waals surface area contributed by atoms with E-state index in [1.165, 1.54) is 0 Å². The summed E-state index contributed by atoms with van der Waals surface area (Å²) in [6, 6.07) is 3.41. The molecule has 2 rings (SSSR count). The van der Waals surface area contributed by atoms with Gasteiger partial charge in [0.05, 0.1) is 18.7 Å². The second kappa shape index (κ2) is 5.60. The average Bonchev–Trinajstić information content (AvgIpc) is 2.79. The van der Waals surface area contributed by atoms with Crippen molar-refractivity contribution < 1.29 is 19.1 Å². The summed E-state index contributed by atoms with van der Waals surface area (Å²) in [5, 5.41) is 16.3. The van der Waals surface area contributed by atoms with Crippen molar-refractivity contribution in [1.29, 1.82) is 0 Å². The summed E-state index contributed by atoms with van der Waals surface area (Å²) >= 11 is 0. The molecule has 106 valence electrons. The van der Waals surface area contributed by atoms with Gasteiger partial charge in [0.1, 0.15) is 5.75 Å². The Morgan fingerprint density at radius 2 is 2.15 bits per heavy atom. The van der Waals surface area contributed by atoms with Crippen LogP contribution < -0.4 is 10.5 Å². The largest absolute Gasteiger partial charge is 0.491 e. The topological polar surface area (TPSA) is 111 Å². The molecule has 0 fully saturated rings. The molecule has 7 nitrogen and oxygen atoms in total. The minimum atomic E-state index is -0.918. The molecular formula is C13H15N3O4. The second-order valence-electron chi connectivity index (χ2n) is 4.32. The maximum absolute atomic E-state index is 10.4. The van der Waals surface area contributed by atoms with E-state index >= 15 is 0 Å². The van der Waals surface area contributed by atoms with Crippen molar-refractivity contribution in [3.8, 4) is 17.2 Å². The SMILES string of the molecule is Cc1nnc(-c2cc(N)c(OCCC(=O)O)cc2C)o1. The molecule has 7 heteroatoms. The Balaban J connectivity index is 2.22. The van der Waals surface area contributed by atoms with Gasteiger partial charge in [0.15, 0.2) is 0 Å². The number of nitrogen functional groups attached to an aromatic ring is 1. The summed E-state index contributed by atoms with van der Waals surface area (Å²) < 4.78 is 10.7. The molecule has 3 N–H and O–H groups in total. The summed E-state index contributed by atoms with van der Waals surface area (Å²) in [6.07, 6.45) is -0.0803. The molecule has 2 aromatic rings. The van der Waals surface area contributed by atoms with Crippen LogP contribution in [0.5, 0.6) is 5.75 Å². The number of carbonyl (C=O) groups is 1. The normalized spacial score (nSPS) is 10.5. The van der Waals surface area contributed by atoms with Gasteiger partial charge < -0.3 is 20.0 Å². The molecule has 0 saturated carbocycles. The fourth-order valence-electron chi connectivity index (χ4n) is 1.71. The van der Waals surface area contributed by atoms with Gasteiger partial charge in [0, 0.05) is 12.5 Å². The number of benzene rings is 1. The van der Waals surface area contributed by atoms with E-state index < -0.39 is 5.97 Å². The third-order valence-electron chi connectivity index (χ3n) is 2.69. The lowest BCUT2D eigenvalue weighted by Gasteiger charge is -2.11. The molecule has 0 saturated heterocycles. The van der Waals surface area contributed by atoms with Gasteiger partial charge in [-0.25, -0.2) is 0 Å². The number of hydrogen-bond donors (Lipinski definition) is 2. The Morgan fingerprint density at radius 3 is 2.75 bits per heavy atom. The van der Waals surface area contributed by atoms with E-state index in [-0.39, 0.29) is 13.0 Å². The zero-order chi connectivity index (χ0) is 14.7. The van der Waals surface area contributed by atoms with Crippen molar-refractivity contribution in [2.45, 2.75) is 20.3 Å². The molecule has 0 aliphatic heterocycles. The summed E-state index contributed by atoms with van der Waals surface area (Å²) in [5.41, 5.74) is 7.87. The Kier molecular flexibility index (Phi) is 3.88. The van der Waals surface area contributed by atoms with Crippen LogP contribution >= 0.6 is 0 Å². The number of aromatic nitrogens is 2. The third kappa shape index (κ3) is 3.05. The monoisotopic (exact) mass is 277 g/mol. The van der Waals surface area contributed by atoms with E-state index in [9.17, 15) is 4.79 Å². The smallest absolute Gasteiger partial charge is 0.306 e. The highest BCUT2D eigenvalue weighted by atomic mass is 16.5. The quantitative estimate of drug-likeness (QED) is 0.801. The number of aliphatic carboxylic acids is 1. The van der Waals surface area contributed by atoms with Gasteiger partial charge in [-0.05, 0) is 24.6 Å². The van der Waals surface area contributed by atoms with Crippen molar-refractivity contribution in [2.75, 3.05) is 12.3 Å². The molecule has 0 aliphatic rings. The number of nitrogens with two attached hydrogens (primary N) is 1. The van der Waals surface area contributed by atoms with Crippen molar-refractivity contribution in [2.24, 2.45) is 0 Å². The average molecular weight is 277 g/mol. The van der Waals surface area contributed by atoms with Crippen LogP contribution in [0.3, 0.4) is 0 Å². The lowest BCUT2D eigenvalue weighted by molar-refractivity contribution is -0.137. The van der Waals surface area contributed by atoms with Gasteiger partial charge in [-0.1, -0.05) is 0 Å². The van der Waals surface area contributed by atoms with Gasteiger partial charge in [0.25, 0.3) is 0 Å². The number of carboxylic acid groups (broad SMARTS) is 1. The molecule has 1 aromatic carbocycles. The van der Waals surface area contributed by atoms with Crippen LogP contribution in [-0.4, -0.2) is 27.9 Å². The maximum Gasteiger partial charge on any atom is 0.306 e. The van der Waals surface area contributed by atoms with E-state index in [0.717, 1.165) is 11.1 Å². The fourth-order valence-corrected chi connectivity index (χ4v) is 1.71. The molecule has 0 unspecified atom stereocenters. The summed E-state index contributed by atoms with van der Waals surface area (Å²) in [5.74, 6) is 0.394. The Morgan fingerprint density at radius 1 is 1.40 bits per heavy atom. The number of aryl methyl sites for hydroxylation is 2. The molecule has 0 radical (unpaired) electrons. The Bertz CT molecular complexity index is 637. The minimum absolute atomic E-state index is 0.0674. The van der Waals surface area contributed by atoms with E-state index in [0.29, 0.717) is 23.2 Å². The standard InChI is InChI=1S/C13H15N3O4/c1-7-5-11(19-4-3-12(17)18)10(14)6-9(7)13-16-15-8(2)20-13/h5-6H,3-4,14H2,1-2H3,(H,17,18). The van der Waals surface area contributed by atoms with Crippen LogP contribution in [-0.2, 0) is 4.79 Å². The third-order valence-corrected chi connectivity index (χ3v) is 2.69. The van der Waals surface area contributed by atoms with Gasteiger partial charge in [-0.2, -0.15) is 0 Å². The van der Waals surface area contributed by atoms with E-state index in [1.54, 1.807) is 19.1 Å². The summed E-state index contributed by atoms with van der Waals surface area (Å²) in [4.78, 5) is 10.4. The first-order chi connectivity index (χ1) is 9.47. The van der Waals surface area contributed by atoms with Gasteiger partial charge in [0.2, 0.25) is 11.8 Å². The van der Waals surface area contributed by atoms with Crippen molar-refractivity contribution in [1.82, 2.24) is 10.2 Å². The number of carboxylic acids is 1. The number of nitrogens with zero attached hydrogens (tertiary/aromatic N) is 2. The van der Waals surface area contributed by atoms with Crippen LogP contribution in [0.15, 0.2) is 16.5 Å². The number of rotatable bonds is 5. The Labute approximate surface area is 115 Å². The molecule has 0 amide bonds. The van der Waals surface area contributed by atoms with Crippen molar-refractivity contribution >= 4 is 11.7 Å². The maximum atomic E-state index is 10.4.